The Kier molecular flexibility index (Phi) is 6.50. The summed E-state index contributed by atoms with van der Waals surface area (Å²) in [5.74, 6) is 1.45. The molecule has 0 aliphatic carbocycles. The van der Waals surface area contributed by atoms with E-state index in [1.54, 1.807) is 0 Å². The fourth-order valence-corrected chi connectivity index (χ4v) is 7.84. The molecule has 56 heavy (non-hydrogen) atoms. The quantitative estimate of drug-likeness (QED) is 0.172. The predicted octanol–water partition coefficient (Wildman–Crippen LogP) is 13.2. The van der Waals surface area contributed by atoms with Crippen molar-refractivity contribution >= 4 is 43.7 Å². The molecule has 262 valence electrons. The van der Waals surface area contributed by atoms with Gasteiger partial charge in [0.05, 0.1) is 16.5 Å². The summed E-state index contributed by atoms with van der Waals surface area (Å²) in [7, 11) is 0. The first-order valence-electron chi connectivity index (χ1n) is 20.5. The molecule has 0 amide bonds. The molecule has 0 unspecified atom stereocenters. The molecule has 11 rings (SSSR count). The maximum Gasteiger partial charge on any atom is 0.164 e. The topological polar surface area (TPSA) is 56.7 Å². The van der Waals surface area contributed by atoms with Crippen LogP contribution < -0.4 is 0 Å². The highest BCUT2D eigenvalue weighted by atomic mass is 16.3. The number of furan rings is 1. The van der Waals surface area contributed by atoms with Gasteiger partial charge in [-0.1, -0.05) is 152 Å². The lowest BCUT2D eigenvalue weighted by molar-refractivity contribution is 0.669. The monoisotopic (exact) mass is 720 g/mol. The standard InChI is InChI=1S/C51H32N4O/c1-3-15-33(16-4-1)38-21-7-8-22-39(38)42-25-14-27-45-48(42)43-24-9-11-26-44(43)55(45)37-20-13-19-35(31-37)50-52-49(34-17-5-2-6-18-34)53-51(54-50)36-29-30-41-40-23-10-12-28-46(40)56-47(41)32-36/h1-32H/i9D,11D,24D,26D. The van der Waals surface area contributed by atoms with Gasteiger partial charge >= 0.3 is 0 Å². The highest BCUT2D eigenvalue weighted by Crippen LogP contribution is 2.42. The number of fused-ring (bicyclic) bond motifs is 6. The Hall–Kier alpha value is -7.63. The zero-order valence-corrected chi connectivity index (χ0v) is 29.9. The lowest BCUT2D eigenvalue weighted by atomic mass is 9.92. The van der Waals surface area contributed by atoms with Crippen molar-refractivity contribution in [3.05, 3.63) is 194 Å². The lowest BCUT2D eigenvalue weighted by Gasteiger charge is -2.13. The summed E-state index contributed by atoms with van der Waals surface area (Å²) < 4.78 is 44.3. The molecule has 0 bridgehead atoms. The van der Waals surface area contributed by atoms with Crippen LogP contribution in [-0.2, 0) is 0 Å². The second-order valence-corrected chi connectivity index (χ2v) is 13.7. The highest BCUT2D eigenvalue weighted by molar-refractivity contribution is 6.16. The number of hydrogen-bond donors (Lipinski definition) is 0. The van der Waals surface area contributed by atoms with Gasteiger partial charge in [0.2, 0.25) is 0 Å². The van der Waals surface area contributed by atoms with Crippen LogP contribution in [0.2, 0.25) is 0 Å². The summed E-state index contributed by atoms with van der Waals surface area (Å²) >= 11 is 0. The van der Waals surface area contributed by atoms with Crippen molar-refractivity contribution in [2.24, 2.45) is 0 Å². The molecule has 5 nitrogen and oxygen atoms in total. The molecule has 0 fully saturated rings. The third kappa shape index (κ3) is 5.29. The largest absolute Gasteiger partial charge is 0.456 e. The van der Waals surface area contributed by atoms with Gasteiger partial charge in [0.25, 0.3) is 0 Å². The zero-order valence-electron chi connectivity index (χ0n) is 33.9. The summed E-state index contributed by atoms with van der Waals surface area (Å²) in [6.45, 7) is 0. The summed E-state index contributed by atoms with van der Waals surface area (Å²) in [5.41, 5.74) is 9.59. The van der Waals surface area contributed by atoms with Gasteiger partial charge in [-0.3, -0.25) is 0 Å². The Bertz CT molecular complexity index is 3490. The Morgan fingerprint density at radius 1 is 0.411 bits per heavy atom. The highest BCUT2D eigenvalue weighted by Gasteiger charge is 2.19. The van der Waals surface area contributed by atoms with Crippen molar-refractivity contribution in [2.75, 3.05) is 0 Å². The van der Waals surface area contributed by atoms with E-state index in [9.17, 15) is 2.74 Å². The Morgan fingerprint density at radius 2 is 1.02 bits per heavy atom. The fourth-order valence-electron chi connectivity index (χ4n) is 7.84. The van der Waals surface area contributed by atoms with E-state index in [4.69, 9.17) is 22.1 Å². The van der Waals surface area contributed by atoms with E-state index in [1.807, 2.05) is 144 Å². The van der Waals surface area contributed by atoms with E-state index in [1.165, 1.54) is 0 Å². The van der Waals surface area contributed by atoms with Crippen LogP contribution in [0.25, 0.3) is 106 Å². The van der Waals surface area contributed by atoms with Crippen LogP contribution in [0.15, 0.2) is 198 Å². The molecule has 3 heterocycles. The second kappa shape index (κ2) is 13.0. The fraction of sp³-hybridized carbons (Fsp3) is 0. The van der Waals surface area contributed by atoms with E-state index < -0.39 is 0 Å². The van der Waals surface area contributed by atoms with Crippen LogP contribution in [0.3, 0.4) is 0 Å². The number of benzene rings is 8. The van der Waals surface area contributed by atoms with Gasteiger partial charge in [-0.2, -0.15) is 0 Å². The van der Waals surface area contributed by atoms with E-state index in [2.05, 4.69) is 30.3 Å². The summed E-state index contributed by atoms with van der Waals surface area (Å²) in [5, 5.41) is 3.24. The van der Waals surface area contributed by atoms with Crippen molar-refractivity contribution in [1.29, 1.82) is 0 Å². The van der Waals surface area contributed by atoms with Crippen molar-refractivity contribution in [3.63, 3.8) is 0 Å². The number of aromatic nitrogens is 4. The number of nitrogens with zero attached hydrogens (tertiary/aromatic N) is 4. The maximum absolute atomic E-state index is 9.31. The molecule has 0 N–H and O–H groups in total. The first kappa shape index (κ1) is 27.9. The van der Waals surface area contributed by atoms with Crippen LogP contribution in [-0.4, -0.2) is 19.5 Å². The van der Waals surface area contributed by atoms with Crippen molar-refractivity contribution in [1.82, 2.24) is 19.5 Å². The minimum Gasteiger partial charge on any atom is -0.456 e. The van der Waals surface area contributed by atoms with Crippen molar-refractivity contribution < 1.29 is 9.90 Å². The summed E-state index contributed by atoms with van der Waals surface area (Å²) in [6.07, 6.45) is 0. The molecule has 11 aromatic rings. The van der Waals surface area contributed by atoms with Gasteiger partial charge in [-0.25, -0.2) is 15.0 Å². The van der Waals surface area contributed by atoms with Gasteiger partial charge in [0, 0.05) is 43.9 Å². The molecule has 0 atom stereocenters. The van der Waals surface area contributed by atoms with E-state index in [0.717, 1.165) is 66.2 Å². The molecule has 0 aliphatic heterocycles. The molecule has 5 heteroatoms. The van der Waals surface area contributed by atoms with Crippen LogP contribution in [0.5, 0.6) is 0 Å². The van der Waals surface area contributed by atoms with E-state index in [0.29, 0.717) is 39.6 Å². The normalized spacial score (nSPS) is 12.6. The van der Waals surface area contributed by atoms with Crippen LogP contribution in [0, 0.1) is 0 Å². The Labute approximate surface area is 328 Å². The maximum atomic E-state index is 9.31. The molecular formula is C51H32N4O. The lowest BCUT2D eigenvalue weighted by Crippen LogP contribution is -2.01. The SMILES string of the molecule is [2H]c1c([2H])c([2H])c2c(c1[2H])c1c(-c3ccccc3-c3ccccc3)cccc1n2-c1cccc(-c2nc(-c3ccccc3)nc(-c3ccc4c(c3)oc3ccccc34)n2)c1. The Morgan fingerprint density at radius 3 is 1.84 bits per heavy atom. The van der Waals surface area contributed by atoms with Crippen LogP contribution in [0.1, 0.15) is 5.48 Å². The molecule has 0 spiro atoms. The molecule has 0 radical (unpaired) electrons. The zero-order chi connectivity index (χ0) is 40.5. The molecule has 8 aromatic carbocycles. The van der Waals surface area contributed by atoms with Crippen LogP contribution >= 0.6 is 0 Å². The van der Waals surface area contributed by atoms with Crippen LogP contribution in [0.4, 0.5) is 0 Å². The first-order valence-corrected chi connectivity index (χ1v) is 18.5. The third-order valence-corrected chi connectivity index (χ3v) is 10.4. The summed E-state index contributed by atoms with van der Waals surface area (Å²) in [6, 6.07) is 55.2. The van der Waals surface area contributed by atoms with E-state index in [-0.39, 0.29) is 24.2 Å². The second-order valence-electron chi connectivity index (χ2n) is 13.7. The van der Waals surface area contributed by atoms with Crippen molar-refractivity contribution in [3.8, 4) is 62.1 Å². The third-order valence-electron chi connectivity index (χ3n) is 10.4. The average Bonchev–Trinajstić information content (AvgIpc) is 3.87. The molecule has 3 aromatic heterocycles. The molecule has 0 saturated carbocycles. The number of rotatable bonds is 6. The van der Waals surface area contributed by atoms with Gasteiger partial charge < -0.3 is 8.98 Å². The van der Waals surface area contributed by atoms with Gasteiger partial charge in [-0.05, 0) is 64.7 Å². The Balaban J connectivity index is 1.14. The predicted molar refractivity (Wildman–Crippen MR) is 229 cm³/mol. The molecule has 0 saturated heterocycles. The smallest absolute Gasteiger partial charge is 0.164 e. The summed E-state index contributed by atoms with van der Waals surface area (Å²) in [4.78, 5) is 15.0. The van der Waals surface area contributed by atoms with Crippen molar-refractivity contribution in [2.45, 2.75) is 0 Å². The van der Waals surface area contributed by atoms with E-state index >= 15 is 0 Å². The van der Waals surface area contributed by atoms with Gasteiger partial charge in [0.15, 0.2) is 17.5 Å². The van der Waals surface area contributed by atoms with Gasteiger partial charge in [-0.15, -0.1) is 0 Å². The minimum absolute atomic E-state index is 0.0911. The van der Waals surface area contributed by atoms with Gasteiger partial charge in [0.1, 0.15) is 11.2 Å². The first-order chi connectivity index (χ1) is 29.4. The molecular weight excluding hydrogens is 685 g/mol. The minimum atomic E-state index is -0.296. The molecule has 0 aliphatic rings. The number of para-hydroxylation sites is 2. The number of hydrogen-bond acceptors (Lipinski definition) is 4. The average molecular weight is 721 g/mol.